The zero-order chi connectivity index (χ0) is 11.3. The van der Waals surface area contributed by atoms with Crippen molar-refractivity contribution < 1.29 is 18.0 Å². The van der Waals surface area contributed by atoms with E-state index in [0.717, 1.165) is 10.9 Å². The molecule has 0 spiro atoms. The average Bonchev–Trinajstić information content (AvgIpc) is 2.33. The summed E-state index contributed by atoms with van der Waals surface area (Å²) in [5.74, 6) is 0.796. The molecule has 0 unspecified atom stereocenters. The van der Waals surface area contributed by atoms with Gasteiger partial charge in [-0.1, -0.05) is 12.1 Å². The van der Waals surface area contributed by atoms with Gasteiger partial charge in [0.25, 0.3) is 0 Å². The van der Waals surface area contributed by atoms with Crippen molar-refractivity contribution in [1.29, 1.82) is 0 Å². The topological polar surface area (TPSA) is 36.9 Å². The highest BCUT2D eigenvalue weighted by atomic mass is 28.4. The highest BCUT2D eigenvalue weighted by Gasteiger charge is 2.40. The van der Waals surface area contributed by atoms with E-state index in [0.29, 0.717) is 0 Å². The van der Waals surface area contributed by atoms with E-state index in [1.54, 1.807) is 28.4 Å². The van der Waals surface area contributed by atoms with Crippen molar-refractivity contribution in [1.82, 2.24) is 0 Å². The minimum absolute atomic E-state index is 0. The predicted molar refractivity (Wildman–Crippen MR) is 70.7 cm³/mol. The van der Waals surface area contributed by atoms with Gasteiger partial charge < -0.3 is 18.0 Å². The van der Waals surface area contributed by atoms with Crippen LogP contribution in [0.1, 0.15) is 0 Å². The fourth-order valence-corrected chi connectivity index (χ4v) is 3.18. The Hall–Kier alpha value is -0.666. The first-order valence-corrected chi connectivity index (χ1v) is 6.25. The lowest BCUT2D eigenvalue weighted by atomic mass is 10.3. The molecule has 0 bridgehead atoms. The molecule has 0 N–H and O–H groups in total. The normalized spacial score (nSPS) is 10.8. The highest BCUT2D eigenvalue weighted by molar-refractivity contribution is 6.75. The third-order valence-electron chi connectivity index (χ3n) is 2.25. The largest absolute Gasteiger partial charge is 0.536 e. The second-order valence-electron chi connectivity index (χ2n) is 2.90. The third-order valence-corrected chi connectivity index (χ3v) is 4.90. The Bertz CT molecular complexity index is 290. The molecule has 0 fully saturated rings. The maximum absolute atomic E-state index is 5.35. The summed E-state index contributed by atoms with van der Waals surface area (Å²) < 4.78 is 21.1. The van der Waals surface area contributed by atoms with Gasteiger partial charge in [-0.3, -0.25) is 0 Å². The van der Waals surface area contributed by atoms with Gasteiger partial charge in [-0.2, -0.15) is 0 Å². The molecule has 0 aromatic heterocycles. The molecule has 0 aliphatic heterocycles. The molecule has 1 aromatic rings. The zero-order valence-electron chi connectivity index (χ0n) is 9.44. The zero-order valence-corrected chi connectivity index (χ0v) is 10.4. The smallest absolute Gasteiger partial charge is 0.497 e. The van der Waals surface area contributed by atoms with Gasteiger partial charge in [0.05, 0.1) is 7.11 Å². The lowest BCUT2D eigenvalue weighted by Gasteiger charge is -2.24. The molecular formula is C10H20O4Si2. The van der Waals surface area contributed by atoms with Crippen LogP contribution in [0.15, 0.2) is 24.3 Å². The predicted octanol–water partition coefficient (Wildman–Crippen LogP) is -0.671. The molecule has 16 heavy (non-hydrogen) atoms. The molecule has 0 aliphatic carbocycles. The van der Waals surface area contributed by atoms with Crippen molar-refractivity contribution >= 4 is 25.0 Å². The molecule has 0 saturated carbocycles. The van der Waals surface area contributed by atoms with Crippen molar-refractivity contribution in [2.24, 2.45) is 0 Å². The highest BCUT2D eigenvalue weighted by Crippen LogP contribution is 2.11. The summed E-state index contributed by atoms with van der Waals surface area (Å²) in [5.41, 5.74) is 0. The first kappa shape index (κ1) is 15.3. The van der Waals surface area contributed by atoms with Crippen LogP contribution in [0.5, 0.6) is 5.75 Å². The first-order valence-electron chi connectivity index (χ1n) is 4.52. The van der Waals surface area contributed by atoms with E-state index >= 15 is 0 Å². The molecule has 0 atom stereocenters. The molecule has 1 aromatic carbocycles. The number of methoxy groups -OCH3 is 1. The second kappa shape index (κ2) is 6.82. The van der Waals surface area contributed by atoms with Gasteiger partial charge in [0.2, 0.25) is 0 Å². The Kier molecular flexibility index (Phi) is 6.53. The fourth-order valence-electron chi connectivity index (χ4n) is 1.40. The third kappa shape index (κ3) is 2.92. The Morgan fingerprint density at radius 3 is 1.56 bits per heavy atom. The monoisotopic (exact) mass is 260 g/mol. The molecule has 0 saturated heterocycles. The van der Waals surface area contributed by atoms with Crippen LogP contribution < -0.4 is 9.92 Å². The quantitative estimate of drug-likeness (QED) is 0.658. The van der Waals surface area contributed by atoms with Crippen LogP contribution >= 0.6 is 0 Å². The maximum Gasteiger partial charge on any atom is 0.536 e. The summed E-state index contributed by atoms with van der Waals surface area (Å²) in [6, 6.07) is 7.49. The number of benzene rings is 1. The minimum Gasteiger partial charge on any atom is -0.497 e. The van der Waals surface area contributed by atoms with Crippen molar-refractivity contribution in [3.05, 3.63) is 24.3 Å². The first-order chi connectivity index (χ1) is 7.22. The molecule has 4 nitrogen and oxygen atoms in total. The molecule has 92 valence electrons. The van der Waals surface area contributed by atoms with Crippen LogP contribution in [0.2, 0.25) is 0 Å². The molecule has 6 heteroatoms. The Morgan fingerprint density at radius 1 is 0.812 bits per heavy atom. The lowest BCUT2D eigenvalue weighted by molar-refractivity contribution is 0.140. The molecule has 1 rings (SSSR count). The SMILES string of the molecule is COc1ccc([Si](OC)(OC)OC)cc1.[SiH4]. The summed E-state index contributed by atoms with van der Waals surface area (Å²) in [4.78, 5) is 0. The molecule has 0 heterocycles. The van der Waals surface area contributed by atoms with Crippen LogP contribution in [0.4, 0.5) is 0 Å². The van der Waals surface area contributed by atoms with E-state index in [4.69, 9.17) is 18.0 Å². The van der Waals surface area contributed by atoms with Crippen molar-refractivity contribution in [3.8, 4) is 5.75 Å². The van der Waals surface area contributed by atoms with Gasteiger partial charge in [0, 0.05) is 26.5 Å². The van der Waals surface area contributed by atoms with Crippen LogP contribution in [0, 0.1) is 0 Å². The van der Waals surface area contributed by atoms with Gasteiger partial charge in [0.15, 0.2) is 0 Å². The van der Waals surface area contributed by atoms with E-state index in [1.807, 2.05) is 24.3 Å². The summed E-state index contributed by atoms with van der Waals surface area (Å²) in [6.07, 6.45) is 0. The fraction of sp³-hybridized carbons (Fsp3) is 0.400. The van der Waals surface area contributed by atoms with Crippen molar-refractivity contribution in [3.63, 3.8) is 0 Å². The Labute approximate surface area is 102 Å². The van der Waals surface area contributed by atoms with E-state index in [9.17, 15) is 0 Å². The van der Waals surface area contributed by atoms with Gasteiger partial charge in [-0.05, 0) is 23.1 Å². The van der Waals surface area contributed by atoms with E-state index in [2.05, 4.69) is 0 Å². The average molecular weight is 260 g/mol. The maximum atomic E-state index is 5.35. The van der Waals surface area contributed by atoms with Gasteiger partial charge >= 0.3 is 8.80 Å². The van der Waals surface area contributed by atoms with Crippen LogP contribution in [-0.4, -0.2) is 48.2 Å². The Morgan fingerprint density at radius 2 is 1.25 bits per heavy atom. The lowest BCUT2D eigenvalue weighted by Crippen LogP contribution is -2.54. The number of hydrogen-bond donors (Lipinski definition) is 0. The van der Waals surface area contributed by atoms with Gasteiger partial charge in [-0.25, -0.2) is 0 Å². The number of hydrogen-bond acceptors (Lipinski definition) is 4. The van der Waals surface area contributed by atoms with Crippen molar-refractivity contribution in [2.75, 3.05) is 28.4 Å². The van der Waals surface area contributed by atoms with E-state index in [-0.39, 0.29) is 11.0 Å². The van der Waals surface area contributed by atoms with E-state index < -0.39 is 8.80 Å². The van der Waals surface area contributed by atoms with Crippen LogP contribution in [0.25, 0.3) is 0 Å². The van der Waals surface area contributed by atoms with Crippen molar-refractivity contribution in [2.45, 2.75) is 0 Å². The Balaban J connectivity index is 0.00000225. The minimum atomic E-state index is -2.68. The van der Waals surface area contributed by atoms with Gasteiger partial charge in [0.1, 0.15) is 5.75 Å². The molecule has 0 aliphatic rings. The summed E-state index contributed by atoms with van der Waals surface area (Å²) in [7, 11) is 3.70. The van der Waals surface area contributed by atoms with Crippen LogP contribution in [-0.2, 0) is 13.3 Å². The summed E-state index contributed by atoms with van der Waals surface area (Å²) in [5, 5.41) is 0.913. The summed E-state index contributed by atoms with van der Waals surface area (Å²) >= 11 is 0. The standard InChI is InChI=1S/C10H16O4Si.H4Si/c1-11-9-5-7-10(8-6-9)15(12-2,13-3)14-4;/h5-8H,1-4H3;1H4. The number of rotatable bonds is 5. The number of ether oxygens (including phenoxy) is 1. The molecule has 0 amide bonds. The molecular weight excluding hydrogens is 240 g/mol. The van der Waals surface area contributed by atoms with Gasteiger partial charge in [-0.15, -0.1) is 0 Å². The van der Waals surface area contributed by atoms with E-state index in [1.165, 1.54) is 0 Å². The van der Waals surface area contributed by atoms with Crippen LogP contribution in [0.3, 0.4) is 0 Å². The molecule has 0 radical (unpaired) electrons. The summed E-state index contributed by atoms with van der Waals surface area (Å²) in [6.45, 7) is 0. The second-order valence-corrected chi connectivity index (χ2v) is 5.81.